The molecule has 2 aliphatic carbocycles. The molecule has 2 unspecified atom stereocenters. The second kappa shape index (κ2) is 7.16. The maximum atomic E-state index is 11.8. The fraction of sp³-hybridized carbons (Fsp3) is 0.938. The summed E-state index contributed by atoms with van der Waals surface area (Å²) >= 11 is 0. The van der Waals surface area contributed by atoms with Gasteiger partial charge in [0.15, 0.2) is 0 Å². The molecule has 2 atom stereocenters. The Hall–Kier alpha value is -0.530. The summed E-state index contributed by atoms with van der Waals surface area (Å²) in [4.78, 5) is 11.8. The van der Waals surface area contributed by atoms with Gasteiger partial charge in [0.2, 0.25) is 5.91 Å². The van der Waals surface area contributed by atoms with Crippen LogP contribution in [0.1, 0.15) is 77.6 Å². The van der Waals surface area contributed by atoms with E-state index in [4.69, 9.17) is 0 Å². The van der Waals surface area contributed by atoms with Crippen LogP contribution in [0.5, 0.6) is 0 Å². The van der Waals surface area contributed by atoms with Gasteiger partial charge in [0.25, 0.3) is 0 Å². The van der Waals surface area contributed by atoms with Crippen molar-refractivity contribution in [1.29, 1.82) is 0 Å². The first kappa shape index (κ1) is 13.9. The van der Waals surface area contributed by atoms with Gasteiger partial charge in [0.1, 0.15) is 0 Å². The van der Waals surface area contributed by atoms with E-state index in [1.54, 1.807) is 0 Å². The van der Waals surface area contributed by atoms with Gasteiger partial charge in [0, 0.05) is 12.5 Å². The lowest BCUT2D eigenvalue weighted by Crippen LogP contribution is -2.32. The zero-order chi connectivity index (χ0) is 12.8. The molecule has 0 aromatic rings. The molecule has 0 saturated heterocycles. The summed E-state index contributed by atoms with van der Waals surface area (Å²) in [6, 6.07) is 0.474. The van der Waals surface area contributed by atoms with Gasteiger partial charge in [0.05, 0.1) is 0 Å². The Labute approximate surface area is 112 Å². The lowest BCUT2D eigenvalue weighted by Gasteiger charge is -2.21. The Balaban J connectivity index is 1.54. The van der Waals surface area contributed by atoms with Gasteiger partial charge in [-0.25, -0.2) is 0 Å². The number of carbonyl (C=O) groups excluding carboxylic acids is 1. The molecule has 18 heavy (non-hydrogen) atoms. The highest BCUT2D eigenvalue weighted by Gasteiger charge is 2.22. The highest BCUT2D eigenvalue weighted by Crippen LogP contribution is 2.28. The smallest absolute Gasteiger partial charge is 0.220 e. The van der Waals surface area contributed by atoms with Crippen LogP contribution < -0.4 is 5.32 Å². The van der Waals surface area contributed by atoms with E-state index >= 15 is 0 Å². The van der Waals surface area contributed by atoms with Crippen molar-refractivity contribution in [2.24, 2.45) is 11.8 Å². The second-order valence-corrected chi connectivity index (χ2v) is 6.58. The lowest BCUT2D eigenvalue weighted by atomic mass is 9.86. The Morgan fingerprint density at radius 3 is 2.56 bits per heavy atom. The number of hydrogen-bond acceptors (Lipinski definition) is 1. The second-order valence-electron chi connectivity index (χ2n) is 6.58. The molecule has 2 heteroatoms. The van der Waals surface area contributed by atoms with Crippen molar-refractivity contribution in [3.8, 4) is 0 Å². The van der Waals surface area contributed by atoms with E-state index in [0.717, 1.165) is 24.7 Å². The van der Waals surface area contributed by atoms with E-state index in [9.17, 15) is 4.79 Å². The predicted molar refractivity (Wildman–Crippen MR) is 75.4 cm³/mol. The molecule has 0 spiro atoms. The minimum atomic E-state index is 0.296. The lowest BCUT2D eigenvalue weighted by molar-refractivity contribution is -0.121. The third kappa shape index (κ3) is 4.62. The van der Waals surface area contributed by atoms with Gasteiger partial charge < -0.3 is 5.32 Å². The molecular weight excluding hydrogens is 222 g/mol. The molecule has 2 aliphatic rings. The third-order valence-corrected chi connectivity index (χ3v) is 4.80. The summed E-state index contributed by atoms with van der Waals surface area (Å²) in [6.07, 6.45) is 13.8. The molecule has 2 fully saturated rings. The van der Waals surface area contributed by atoms with Crippen molar-refractivity contribution in [3.05, 3.63) is 0 Å². The maximum absolute atomic E-state index is 11.8. The Kier molecular flexibility index (Phi) is 5.52. The summed E-state index contributed by atoms with van der Waals surface area (Å²) in [5.74, 6) is 2.01. The number of amides is 1. The number of rotatable bonds is 5. The van der Waals surface area contributed by atoms with Crippen molar-refractivity contribution in [2.45, 2.75) is 83.6 Å². The van der Waals surface area contributed by atoms with Crippen molar-refractivity contribution >= 4 is 5.91 Å². The topological polar surface area (TPSA) is 29.1 Å². The first-order chi connectivity index (χ1) is 8.74. The molecule has 0 heterocycles. The number of nitrogens with one attached hydrogen (secondary N) is 1. The molecule has 0 bridgehead atoms. The summed E-state index contributed by atoms with van der Waals surface area (Å²) < 4.78 is 0. The fourth-order valence-corrected chi connectivity index (χ4v) is 3.67. The van der Waals surface area contributed by atoms with Crippen LogP contribution in [0.2, 0.25) is 0 Å². The van der Waals surface area contributed by atoms with Crippen molar-refractivity contribution < 1.29 is 4.79 Å². The third-order valence-electron chi connectivity index (χ3n) is 4.80. The van der Waals surface area contributed by atoms with Crippen LogP contribution in [0.15, 0.2) is 0 Å². The number of carbonyl (C=O) groups is 1. The molecule has 2 saturated carbocycles. The Morgan fingerprint density at radius 2 is 1.89 bits per heavy atom. The van der Waals surface area contributed by atoms with Gasteiger partial charge >= 0.3 is 0 Å². The van der Waals surface area contributed by atoms with E-state index < -0.39 is 0 Å². The van der Waals surface area contributed by atoms with E-state index in [2.05, 4.69) is 12.2 Å². The summed E-state index contributed by atoms with van der Waals surface area (Å²) in [5.41, 5.74) is 0. The summed E-state index contributed by atoms with van der Waals surface area (Å²) in [5, 5.41) is 3.21. The molecule has 2 nitrogen and oxygen atoms in total. The molecular formula is C16H29NO. The first-order valence-corrected chi connectivity index (χ1v) is 8.03. The van der Waals surface area contributed by atoms with Crippen LogP contribution in [0.25, 0.3) is 0 Å². The van der Waals surface area contributed by atoms with Crippen LogP contribution in [0.4, 0.5) is 0 Å². The molecule has 0 radical (unpaired) electrons. The van der Waals surface area contributed by atoms with Gasteiger partial charge in [-0.2, -0.15) is 0 Å². The minimum absolute atomic E-state index is 0.296. The van der Waals surface area contributed by atoms with E-state index in [1.165, 1.54) is 57.8 Å². The van der Waals surface area contributed by atoms with Crippen LogP contribution >= 0.6 is 0 Å². The molecule has 0 aromatic carbocycles. The van der Waals surface area contributed by atoms with Gasteiger partial charge in [-0.15, -0.1) is 0 Å². The SMILES string of the molecule is CC1CCC(NC(=O)CCCC2CCCCC2)C1. The van der Waals surface area contributed by atoms with E-state index in [-0.39, 0.29) is 0 Å². The molecule has 0 aromatic heterocycles. The summed E-state index contributed by atoms with van der Waals surface area (Å²) in [7, 11) is 0. The number of hydrogen-bond donors (Lipinski definition) is 1. The molecule has 1 amide bonds. The zero-order valence-corrected chi connectivity index (χ0v) is 11.9. The molecule has 2 rings (SSSR count). The minimum Gasteiger partial charge on any atom is -0.353 e. The quantitative estimate of drug-likeness (QED) is 0.785. The zero-order valence-electron chi connectivity index (χ0n) is 11.9. The average Bonchev–Trinajstić information content (AvgIpc) is 2.76. The normalized spacial score (nSPS) is 29.4. The highest BCUT2D eigenvalue weighted by molar-refractivity contribution is 5.76. The van der Waals surface area contributed by atoms with Crippen molar-refractivity contribution in [1.82, 2.24) is 5.32 Å². The van der Waals surface area contributed by atoms with E-state index in [0.29, 0.717) is 11.9 Å². The van der Waals surface area contributed by atoms with Crippen LogP contribution in [0, 0.1) is 11.8 Å². The molecule has 1 N–H and O–H groups in total. The first-order valence-electron chi connectivity index (χ1n) is 8.03. The molecule has 104 valence electrons. The monoisotopic (exact) mass is 251 g/mol. The van der Waals surface area contributed by atoms with Gasteiger partial charge in [-0.3, -0.25) is 4.79 Å². The Bertz CT molecular complexity index is 258. The average molecular weight is 251 g/mol. The predicted octanol–water partition coefficient (Wildman–Crippen LogP) is 4.04. The van der Waals surface area contributed by atoms with Crippen LogP contribution in [-0.4, -0.2) is 11.9 Å². The van der Waals surface area contributed by atoms with E-state index in [1.807, 2.05) is 0 Å². The largest absolute Gasteiger partial charge is 0.353 e. The fourth-order valence-electron chi connectivity index (χ4n) is 3.67. The Morgan fingerprint density at radius 1 is 1.11 bits per heavy atom. The summed E-state index contributed by atoms with van der Waals surface area (Å²) in [6.45, 7) is 2.29. The standard InChI is InChI=1S/C16H29NO/c1-13-10-11-15(12-13)17-16(18)9-5-8-14-6-3-2-4-7-14/h13-15H,2-12H2,1H3,(H,17,18). The van der Waals surface area contributed by atoms with Crippen molar-refractivity contribution in [3.63, 3.8) is 0 Å². The highest BCUT2D eigenvalue weighted by atomic mass is 16.1. The molecule has 0 aliphatic heterocycles. The van der Waals surface area contributed by atoms with Crippen LogP contribution in [0.3, 0.4) is 0 Å². The maximum Gasteiger partial charge on any atom is 0.220 e. The van der Waals surface area contributed by atoms with Crippen molar-refractivity contribution in [2.75, 3.05) is 0 Å². The van der Waals surface area contributed by atoms with Crippen LogP contribution in [-0.2, 0) is 4.79 Å². The van der Waals surface area contributed by atoms with Gasteiger partial charge in [-0.1, -0.05) is 39.0 Å². The van der Waals surface area contributed by atoms with Gasteiger partial charge in [-0.05, 0) is 43.9 Å².